The molecular formula is C8H8F3N5O. The van der Waals surface area contributed by atoms with E-state index in [9.17, 15) is 13.2 Å². The highest BCUT2D eigenvalue weighted by atomic mass is 19.4. The molecule has 0 radical (unpaired) electrons. The molecule has 0 spiro atoms. The number of rotatable bonds is 2. The van der Waals surface area contributed by atoms with Gasteiger partial charge in [0.05, 0.1) is 0 Å². The number of aliphatic hydroxyl groups excluding tert-OH is 1. The van der Waals surface area contributed by atoms with Gasteiger partial charge < -0.3 is 15.8 Å². The molecule has 6 nitrogen and oxygen atoms in total. The van der Waals surface area contributed by atoms with Crippen molar-refractivity contribution in [3.8, 4) is 0 Å². The fourth-order valence-corrected chi connectivity index (χ4v) is 1.29. The minimum atomic E-state index is -4.68. The second kappa shape index (κ2) is 3.84. The lowest BCUT2D eigenvalue weighted by Gasteiger charge is -2.12. The molecular weight excluding hydrogens is 239 g/mol. The maximum atomic E-state index is 12.1. The molecule has 2 aromatic heterocycles. The molecule has 92 valence electrons. The van der Waals surface area contributed by atoms with Gasteiger partial charge in [-0.25, -0.2) is 15.0 Å². The number of hydrogen-bond acceptors (Lipinski definition) is 5. The SMILES string of the molecule is Nc1ncnc2nc(CC(O)C(F)(F)F)[nH]c12. The number of nitrogens with one attached hydrogen (secondary N) is 1. The summed E-state index contributed by atoms with van der Waals surface area (Å²) in [5.41, 5.74) is 5.91. The second-order valence-corrected chi connectivity index (χ2v) is 3.40. The van der Waals surface area contributed by atoms with Crippen molar-refractivity contribution in [1.29, 1.82) is 0 Å². The van der Waals surface area contributed by atoms with Crippen LogP contribution >= 0.6 is 0 Å². The fourth-order valence-electron chi connectivity index (χ4n) is 1.29. The molecule has 0 saturated heterocycles. The van der Waals surface area contributed by atoms with E-state index in [-0.39, 0.29) is 22.8 Å². The normalized spacial score (nSPS) is 14.1. The molecule has 0 bridgehead atoms. The predicted octanol–water partition coefficient (Wildman–Crippen LogP) is 0.401. The van der Waals surface area contributed by atoms with Crippen LogP contribution in [0.5, 0.6) is 0 Å². The highest BCUT2D eigenvalue weighted by Crippen LogP contribution is 2.23. The van der Waals surface area contributed by atoms with Crippen molar-refractivity contribution in [2.45, 2.75) is 18.7 Å². The van der Waals surface area contributed by atoms with Gasteiger partial charge in [-0.3, -0.25) is 0 Å². The van der Waals surface area contributed by atoms with Crippen molar-refractivity contribution in [1.82, 2.24) is 19.9 Å². The number of nitrogens with zero attached hydrogens (tertiary/aromatic N) is 3. The summed E-state index contributed by atoms with van der Waals surface area (Å²) in [6, 6.07) is 0. The highest BCUT2D eigenvalue weighted by Gasteiger charge is 2.38. The van der Waals surface area contributed by atoms with Crippen molar-refractivity contribution >= 4 is 17.0 Å². The third-order valence-corrected chi connectivity index (χ3v) is 2.13. The minimum Gasteiger partial charge on any atom is -0.383 e. The van der Waals surface area contributed by atoms with E-state index in [0.717, 1.165) is 6.33 Å². The van der Waals surface area contributed by atoms with E-state index in [4.69, 9.17) is 10.8 Å². The van der Waals surface area contributed by atoms with E-state index in [1.54, 1.807) is 0 Å². The molecule has 0 fully saturated rings. The first-order chi connectivity index (χ1) is 7.88. The first-order valence-electron chi connectivity index (χ1n) is 4.58. The van der Waals surface area contributed by atoms with Crippen LogP contribution in [0.4, 0.5) is 19.0 Å². The standard InChI is InChI=1S/C8H8F3N5O/c9-8(10,11)3(17)1-4-15-5-6(12)13-2-14-7(5)16-4/h2-3,17H,1H2,(H3,12,13,14,15,16). The Balaban J connectivity index is 2.29. The number of H-pyrrole nitrogens is 1. The van der Waals surface area contributed by atoms with Crippen molar-refractivity contribution < 1.29 is 18.3 Å². The zero-order chi connectivity index (χ0) is 12.6. The molecule has 2 rings (SSSR count). The molecule has 0 aromatic carbocycles. The van der Waals surface area contributed by atoms with Crippen LogP contribution < -0.4 is 5.73 Å². The number of halogens is 3. The number of aromatic nitrogens is 4. The maximum Gasteiger partial charge on any atom is 0.414 e. The first-order valence-corrected chi connectivity index (χ1v) is 4.58. The number of nitrogen functional groups attached to an aromatic ring is 1. The molecule has 2 aromatic rings. The smallest absolute Gasteiger partial charge is 0.383 e. The van der Waals surface area contributed by atoms with Gasteiger partial charge in [0.25, 0.3) is 0 Å². The minimum absolute atomic E-state index is 0.0444. The van der Waals surface area contributed by atoms with E-state index in [1.807, 2.05) is 0 Å². The van der Waals surface area contributed by atoms with Crippen LogP contribution in [0.25, 0.3) is 11.2 Å². The van der Waals surface area contributed by atoms with Gasteiger partial charge in [0, 0.05) is 6.42 Å². The van der Waals surface area contributed by atoms with Gasteiger partial charge in [0.1, 0.15) is 17.7 Å². The maximum absolute atomic E-state index is 12.1. The topological polar surface area (TPSA) is 101 Å². The Morgan fingerprint density at radius 1 is 1.41 bits per heavy atom. The summed E-state index contributed by atoms with van der Waals surface area (Å²) in [5.74, 6) is 0.0484. The van der Waals surface area contributed by atoms with E-state index in [0.29, 0.717) is 0 Å². The zero-order valence-corrected chi connectivity index (χ0v) is 8.36. The lowest BCUT2D eigenvalue weighted by atomic mass is 10.2. The summed E-state index contributed by atoms with van der Waals surface area (Å²) in [5, 5.41) is 8.88. The molecule has 0 amide bonds. The van der Waals surface area contributed by atoms with E-state index in [2.05, 4.69) is 19.9 Å². The molecule has 1 atom stereocenters. The summed E-state index contributed by atoms with van der Waals surface area (Å²) < 4.78 is 36.4. The Morgan fingerprint density at radius 3 is 2.71 bits per heavy atom. The number of nitrogens with two attached hydrogens (primary N) is 1. The molecule has 9 heteroatoms. The quantitative estimate of drug-likeness (QED) is 0.713. The Kier molecular flexibility index (Phi) is 2.62. The molecule has 2 heterocycles. The third-order valence-electron chi connectivity index (χ3n) is 2.13. The van der Waals surface area contributed by atoms with Gasteiger partial charge in [0.15, 0.2) is 17.6 Å². The molecule has 4 N–H and O–H groups in total. The van der Waals surface area contributed by atoms with Gasteiger partial charge in [-0.15, -0.1) is 0 Å². The number of anilines is 1. The lowest BCUT2D eigenvalue weighted by Crippen LogP contribution is -2.30. The fraction of sp³-hybridized carbons (Fsp3) is 0.375. The summed E-state index contributed by atoms with van der Waals surface area (Å²) >= 11 is 0. The van der Waals surface area contributed by atoms with Crippen LogP contribution in [0.15, 0.2) is 6.33 Å². The average molecular weight is 247 g/mol. The number of alkyl halides is 3. The number of fused-ring (bicyclic) bond motifs is 1. The van der Waals surface area contributed by atoms with E-state index >= 15 is 0 Å². The van der Waals surface area contributed by atoms with Crippen LogP contribution in [-0.4, -0.2) is 37.3 Å². The highest BCUT2D eigenvalue weighted by molar-refractivity contribution is 5.80. The number of aromatic amines is 1. The van der Waals surface area contributed by atoms with Crippen LogP contribution in [0.3, 0.4) is 0 Å². The Hall–Kier alpha value is -1.90. The molecule has 0 aliphatic heterocycles. The first kappa shape index (κ1) is 11.6. The molecule has 0 saturated carbocycles. The summed E-state index contributed by atoms with van der Waals surface area (Å²) in [7, 11) is 0. The van der Waals surface area contributed by atoms with Crippen LogP contribution in [-0.2, 0) is 6.42 Å². The average Bonchev–Trinajstić information content (AvgIpc) is 2.60. The predicted molar refractivity (Wildman–Crippen MR) is 51.9 cm³/mol. The molecule has 17 heavy (non-hydrogen) atoms. The third kappa shape index (κ3) is 2.28. The van der Waals surface area contributed by atoms with E-state index < -0.39 is 18.7 Å². The lowest BCUT2D eigenvalue weighted by molar-refractivity contribution is -0.203. The van der Waals surface area contributed by atoms with Gasteiger partial charge in [0.2, 0.25) is 0 Å². The van der Waals surface area contributed by atoms with Gasteiger partial charge in [-0.1, -0.05) is 0 Å². The van der Waals surface area contributed by atoms with Crippen LogP contribution in [0.2, 0.25) is 0 Å². The molecule has 0 aliphatic rings. The Bertz CT molecular complexity index is 537. The van der Waals surface area contributed by atoms with E-state index in [1.165, 1.54) is 0 Å². The summed E-state index contributed by atoms with van der Waals surface area (Å²) in [6.45, 7) is 0. The van der Waals surface area contributed by atoms with Gasteiger partial charge >= 0.3 is 6.18 Å². The Morgan fingerprint density at radius 2 is 2.12 bits per heavy atom. The molecule has 0 aliphatic carbocycles. The monoisotopic (exact) mass is 247 g/mol. The number of imidazole rings is 1. The van der Waals surface area contributed by atoms with Crippen molar-refractivity contribution in [2.24, 2.45) is 0 Å². The van der Waals surface area contributed by atoms with Crippen molar-refractivity contribution in [3.63, 3.8) is 0 Å². The van der Waals surface area contributed by atoms with Crippen molar-refractivity contribution in [3.05, 3.63) is 12.2 Å². The Labute approximate surface area is 92.7 Å². The van der Waals surface area contributed by atoms with Crippen LogP contribution in [0, 0.1) is 0 Å². The summed E-state index contributed by atoms with van der Waals surface area (Å²) in [6.07, 6.45) is -6.69. The van der Waals surface area contributed by atoms with Gasteiger partial charge in [-0.05, 0) is 0 Å². The number of aliphatic hydroxyl groups is 1. The van der Waals surface area contributed by atoms with Crippen LogP contribution in [0.1, 0.15) is 5.82 Å². The largest absolute Gasteiger partial charge is 0.414 e. The van der Waals surface area contributed by atoms with Gasteiger partial charge in [-0.2, -0.15) is 13.2 Å². The van der Waals surface area contributed by atoms with Crippen molar-refractivity contribution in [2.75, 3.05) is 5.73 Å². The second-order valence-electron chi connectivity index (χ2n) is 3.40. The summed E-state index contributed by atoms with van der Waals surface area (Å²) in [4.78, 5) is 13.7. The number of hydrogen-bond donors (Lipinski definition) is 3. The zero-order valence-electron chi connectivity index (χ0n) is 8.36. The molecule has 1 unspecified atom stereocenters.